The molecule has 1 aromatic carbocycles. The van der Waals surface area contributed by atoms with Crippen molar-refractivity contribution in [3.63, 3.8) is 0 Å². The van der Waals surface area contributed by atoms with Crippen LogP contribution in [0, 0.1) is 19.3 Å². The number of nitrogens with two attached hydrogens (primary N) is 1. The fourth-order valence-electron chi connectivity index (χ4n) is 2.14. The molecule has 1 rings (SSSR count). The van der Waals surface area contributed by atoms with E-state index >= 15 is 0 Å². The minimum atomic E-state index is -0.387. The highest BCUT2D eigenvalue weighted by Crippen LogP contribution is 2.30. The van der Waals surface area contributed by atoms with Crippen LogP contribution in [0.5, 0.6) is 0 Å². The predicted octanol–water partition coefficient (Wildman–Crippen LogP) is 3.25. The summed E-state index contributed by atoms with van der Waals surface area (Å²) in [7, 11) is 0. The maximum Gasteiger partial charge on any atom is 0.170 e. The van der Waals surface area contributed by atoms with Crippen molar-refractivity contribution in [2.24, 2.45) is 11.1 Å². The molecular weight excluding hydrogens is 210 g/mol. The number of ketones is 1. The summed E-state index contributed by atoms with van der Waals surface area (Å²) in [5, 5.41) is 0. The number of rotatable bonds is 5. The van der Waals surface area contributed by atoms with Gasteiger partial charge in [-0.1, -0.05) is 26.0 Å². The maximum atomic E-state index is 12.5. The number of hydrogen-bond acceptors (Lipinski definition) is 2. The Morgan fingerprint density at radius 3 is 2.18 bits per heavy atom. The van der Waals surface area contributed by atoms with Crippen LogP contribution < -0.4 is 5.73 Å². The summed E-state index contributed by atoms with van der Waals surface area (Å²) < 4.78 is 0. The van der Waals surface area contributed by atoms with E-state index in [-0.39, 0.29) is 11.2 Å². The van der Waals surface area contributed by atoms with Gasteiger partial charge >= 0.3 is 0 Å². The van der Waals surface area contributed by atoms with Crippen LogP contribution in [0.1, 0.15) is 48.2 Å². The third-order valence-corrected chi connectivity index (χ3v) is 4.00. The third-order valence-electron chi connectivity index (χ3n) is 4.00. The number of carbonyl (C=O) groups is 1. The zero-order chi connectivity index (χ0) is 13.1. The van der Waals surface area contributed by atoms with Crippen molar-refractivity contribution >= 4 is 5.78 Å². The van der Waals surface area contributed by atoms with E-state index in [0.717, 1.165) is 24.0 Å². The first kappa shape index (κ1) is 13.9. The lowest BCUT2D eigenvalue weighted by atomic mass is 9.75. The summed E-state index contributed by atoms with van der Waals surface area (Å²) >= 11 is 0. The second-order valence-electron chi connectivity index (χ2n) is 4.82. The van der Waals surface area contributed by atoms with Crippen LogP contribution in [0.25, 0.3) is 0 Å². The first-order valence-electron chi connectivity index (χ1n) is 6.33. The topological polar surface area (TPSA) is 43.1 Å². The van der Waals surface area contributed by atoms with Gasteiger partial charge in [-0.3, -0.25) is 4.79 Å². The number of aryl methyl sites for hydroxylation is 2. The molecule has 0 saturated carbocycles. The lowest BCUT2D eigenvalue weighted by Crippen LogP contribution is -2.37. The maximum absolute atomic E-state index is 12.5. The molecular formula is C15H23NO. The molecule has 0 fully saturated rings. The normalized spacial score (nSPS) is 11.6. The molecule has 0 saturated heterocycles. The van der Waals surface area contributed by atoms with Crippen molar-refractivity contribution in [1.82, 2.24) is 0 Å². The van der Waals surface area contributed by atoms with Crippen molar-refractivity contribution in [1.29, 1.82) is 0 Å². The highest BCUT2D eigenvalue weighted by atomic mass is 16.1. The molecule has 94 valence electrons. The molecule has 0 radical (unpaired) electrons. The molecule has 0 spiro atoms. The first-order chi connectivity index (χ1) is 8.00. The van der Waals surface area contributed by atoms with Gasteiger partial charge in [0.1, 0.15) is 0 Å². The van der Waals surface area contributed by atoms with Crippen molar-refractivity contribution in [2.45, 2.75) is 40.5 Å². The fourth-order valence-corrected chi connectivity index (χ4v) is 2.14. The van der Waals surface area contributed by atoms with Gasteiger partial charge < -0.3 is 5.73 Å². The van der Waals surface area contributed by atoms with Crippen molar-refractivity contribution in [2.75, 3.05) is 6.54 Å². The smallest absolute Gasteiger partial charge is 0.170 e. The first-order valence-corrected chi connectivity index (χ1v) is 6.33. The van der Waals surface area contributed by atoms with Crippen LogP contribution in [0.4, 0.5) is 0 Å². The van der Waals surface area contributed by atoms with E-state index in [9.17, 15) is 4.79 Å². The number of hydrogen-bond donors (Lipinski definition) is 1. The lowest BCUT2D eigenvalue weighted by Gasteiger charge is -2.28. The number of Topliss-reactive ketones (excluding diaryl/α,β-unsaturated/α-hetero) is 1. The number of benzene rings is 1. The van der Waals surface area contributed by atoms with Gasteiger partial charge in [-0.15, -0.1) is 0 Å². The highest BCUT2D eigenvalue weighted by molar-refractivity contribution is 6.00. The number of carbonyl (C=O) groups excluding carboxylic acids is 1. The molecule has 17 heavy (non-hydrogen) atoms. The van der Waals surface area contributed by atoms with Gasteiger partial charge in [0.05, 0.1) is 0 Å². The molecule has 0 atom stereocenters. The van der Waals surface area contributed by atoms with Crippen molar-refractivity contribution in [3.8, 4) is 0 Å². The average molecular weight is 233 g/mol. The van der Waals surface area contributed by atoms with Crippen molar-refractivity contribution in [3.05, 3.63) is 34.9 Å². The van der Waals surface area contributed by atoms with E-state index in [1.54, 1.807) is 0 Å². The molecule has 0 aliphatic heterocycles. The Kier molecular flexibility index (Phi) is 4.47. The van der Waals surface area contributed by atoms with E-state index in [4.69, 9.17) is 5.73 Å². The molecule has 0 amide bonds. The van der Waals surface area contributed by atoms with E-state index < -0.39 is 0 Å². The molecule has 2 heteroatoms. The van der Waals surface area contributed by atoms with Gasteiger partial charge in [-0.2, -0.15) is 0 Å². The molecule has 0 heterocycles. The Balaban J connectivity index is 3.14. The van der Waals surface area contributed by atoms with Gasteiger partial charge in [0, 0.05) is 17.5 Å². The summed E-state index contributed by atoms with van der Waals surface area (Å²) in [5.74, 6) is 0.188. The van der Waals surface area contributed by atoms with Crippen LogP contribution in [0.3, 0.4) is 0 Å². The molecule has 0 aliphatic carbocycles. The predicted molar refractivity (Wildman–Crippen MR) is 72.3 cm³/mol. The van der Waals surface area contributed by atoms with Gasteiger partial charge in [0.15, 0.2) is 5.78 Å². The van der Waals surface area contributed by atoms with E-state index in [1.807, 2.05) is 39.0 Å². The zero-order valence-electron chi connectivity index (χ0n) is 11.3. The molecule has 0 aliphatic rings. The second kappa shape index (κ2) is 5.46. The Labute approximate surface area is 104 Å². The highest BCUT2D eigenvalue weighted by Gasteiger charge is 2.33. The Morgan fingerprint density at radius 2 is 1.76 bits per heavy atom. The van der Waals surface area contributed by atoms with E-state index in [0.29, 0.717) is 6.54 Å². The van der Waals surface area contributed by atoms with Crippen molar-refractivity contribution < 1.29 is 4.79 Å². The van der Waals surface area contributed by atoms with Crippen LogP contribution >= 0.6 is 0 Å². The summed E-state index contributed by atoms with van der Waals surface area (Å²) in [6.07, 6.45) is 1.59. The summed E-state index contributed by atoms with van der Waals surface area (Å²) in [6, 6.07) is 5.91. The molecule has 1 aromatic rings. The average Bonchev–Trinajstić information content (AvgIpc) is 2.35. The summed E-state index contributed by atoms with van der Waals surface area (Å²) in [4.78, 5) is 12.5. The van der Waals surface area contributed by atoms with Gasteiger partial charge in [0.25, 0.3) is 0 Å². The third kappa shape index (κ3) is 2.58. The Hall–Kier alpha value is -1.15. The summed E-state index contributed by atoms with van der Waals surface area (Å²) in [6.45, 7) is 8.59. The Morgan fingerprint density at radius 1 is 1.18 bits per heavy atom. The van der Waals surface area contributed by atoms with Crippen LogP contribution in [-0.4, -0.2) is 12.3 Å². The largest absolute Gasteiger partial charge is 0.329 e. The van der Waals surface area contributed by atoms with Crippen LogP contribution in [0.15, 0.2) is 18.2 Å². The lowest BCUT2D eigenvalue weighted by molar-refractivity contribution is 0.0787. The zero-order valence-corrected chi connectivity index (χ0v) is 11.3. The monoisotopic (exact) mass is 233 g/mol. The molecule has 2 nitrogen and oxygen atoms in total. The SMILES string of the molecule is CCC(CC)(CN)C(=O)c1ccc(C)c(C)c1. The summed E-state index contributed by atoms with van der Waals surface area (Å²) in [5.41, 5.74) is 8.60. The van der Waals surface area contributed by atoms with Gasteiger partial charge in [0.2, 0.25) is 0 Å². The molecule has 2 N–H and O–H groups in total. The van der Waals surface area contributed by atoms with Gasteiger partial charge in [-0.25, -0.2) is 0 Å². The van der Waals surface area contributed by atoms with Crippen LogP contribution in [0.2, 0.25) is 0 Å². The minimum Gasteiger partial charge on any atom is -0.329 e. The minimum absolute atomic E-state index is 0.188. The second-order valence-corrected chi connectivity index (χ2v) is 4.82. The fraction of sp³-hybridized carbons (Fsp3) is 0.533. The van der Waals surface area contributed by atoms with E-state index in [2.05, 4.69) is 6.92 Å². The van der Waals surface area contributed by atoms with E-state index in [1.165, 1.54) is 5.56 Å². The van der Waals surface area contributed by atoms with Crippen LogP contribution in [-0.2, 0) is 0 Å². The molecule has 0 aromatic heterocycles. The standard InChI is InChI=1S/C15H23NO/c1-5-15(6-2,10-16)14(17)13-8-7-11(3)12(4)9-13/h7-9H,5-6,10,16H2,1-4H3. The van der Waals surface area contributed by atoms with Gasteiger partial charge in [-0.05, 0) is 43.9 Å². The molecule has 0 bridgehead atoms. The molecule has 0 unspecified atom stereocenters. The Bertz CT molecular complexity index is 397. The quantitative estimate of drug-likeness (QED) is 0.793.